The SMILES string of the molecule is CCCC(=O)NCC(C(=O)NCc1ccc(N)nc1)c1cccc2ccccc12. The number of nitrogens with zero attached hydrogens (tertiary/aromatic N) is 1. The van der Waals surface area contributed by atoms with Crippen LogP contribution in [0.5, 0.6) is 0 Å². The van der Waals surface area contributed by atoms with Gasteiger partial charge in [-0.2, -0.15) is 0 Å². The number of carbonyl (C=O) groups is 2. The monoisotopic (exact) mass is 390 g/mol. The molecule has 3 rings (SSSR count). The van der Waals surface area contributed by atoms with Crippen molar-refractivity contribution in [3.05, 3.63) is 71.9 Å². The lowest BCUT2D eigenvalue weighted by Crippen LogP contribution is -2.37. The fraction of sp³-hybridized carbons (Fsp3) is 0.261. The first-order chi connectivity index (χ1) is 14.1. The molecule has 3 aromatic rings. The Morgan fingerprint density at radius 2 is 1.83 bits per heavy atom. The highest BCUT2D eigenvalue weighted by Gasteiger charge is 2.23. The molecule has 150 valence electrons. The third kappa shape index (κ3) is 5.31. The van der Waals surface area contributed by atoms with Crippen molar-refractivity contribution in [1.29, 1.82) is 0 Å². The Kier molecular flexibility index (Phi) is 6.79. The number of pyridine rings is 1. The van der Waals surface area contributed by atoms with Gasteiger partial charge in [-0.25, -0.2) is 4.98 Å². The number of nitrogen functional groups attached to an aromatic ring is 1. The summed E-state index contributed by atoms with van der Waals surface area (Å²) in [7, 11) is 0. The number of nitrogens with one attached hydrogen (secondary N) is 2. The molecule has 0 saturated heterocycles. The highest BCUT2D eigenvalue weighted by Crippen LogP contribution is 2.26. The van der Waals surface area contributed by atoms with E-state index in [2.05, 4.69) is 15.6 Å². The second-order valence-corrected chi connectivity index (χ2v) is 6.98. The van der Waals surface area contributed by atoms with Gasteiger partial charge in [0, 0.05) is 25.7 Å². The van der Waals surface area contributed by atoms with Crippen LogP contribution in [0.4, 0.5) is 5.82 Å². The maximum Gasteiger partial charge on any atom is 0.229 e. The molecular weight excluding hydrogens is 364 g/mol. The second-order valence-electron chi connectivity index (χ2n) is 6.98. The molecule has 0 aliphatic rings. The van der Waals surface area contributed by atoms with Gasteiger partial charge in [-0.15, -0.1) is 0 Å². The summed E-state index contributed by atoms with van der Waals surface area (Å²) in [4.78, 5) is 29.2. The lowest BCUT2D eigenvalue weighted by molar-refractivity contribution is -0.123. The molecule has 2 amide bonds. The zero-order valence-corrected chi connectivity index (χ0v) is 16.5. The number of rotatable bonds is 8. The van der Waals surface area contributed by atoms with Gasteiger partial charge < -0.3 is 16.4 Å². The highest BCUT2D eigenvalue weighted by atomic mass is 16.2. The average Bonchev–Trinajstić information content (AvgIpc) is 2.74. The minimum Gasteiger partial charge on any atom is -0.384 e. The van der Waals surface area contributed by atoms with Gasteiger partial charge in [-0.3, -0.25) is 9.59 Å². The van der Waals surface area contributed by atoms with Crippen LogP contribution in [0.15, 0.2) is 60.8 Å². The van der Waals surface area contributed by atoms with Gasteiger partial charge in [0.05, 0.1) is 5.92 Å². The lowest BCUT2D eigenvalue weighted by atomic mass is 9.92. The predicted octanol–water partition coefficient (Wildman–Crippen LogP) is 3.13. The Bertz CT molecular complexity index is 980. The van der Waals surface area contributed by atoms with Crippen molar-refractivity contribution < 1.29 is 9.59 Å². The molecular formula is C23H26N4O2. The lowest BCUT2D eigenvalue weighted by Gasteiger charge is -2.20. The van der Waals surface area contributed by atoms with Crippen molar-refractivity contribution in [2.45, 2.75) is 32.2 Å². The smallest absolute Gasteiger partial charge is 0.229 e. The van der Waals surface area contributed by atoms with Gasteiger partial charge in [-0.1, -0.05) is 55.5 Å². The van der Waals surface area contributed by atoms with Crippen LogP contribution in [0.25, 0.3) is 10.8 Å². The molecule has 1 heterocycles. The van der Waals surface area contributed by atoms with Crippen LogP contribution in [-0.4, -0.2) is 23.3 Å². The molecule has 1 unspecified atom stereocenters. The van der Waals surface area contributed by atoms with Gasteiger partial charge in [0.25, 0.3) is 0 Å². The topological polar surface area (TPSA) is 97.1 Å². The van der Waals surface area contributed by atoms with E-state index in [1.165, 1.54) is 0 Å². The maximum atomic E-state index is 13.1. The standard InChI is InChI=1S/C23H26N4O2/c1-2-6-22(28)26-15-20(19-10-5-8-17-7-3-4-9-18(17)19)23(29)27-14-16-11-12-21(24)25-13-16/h3-5,7-13,20H,2,6,14-15H2,1H3,(H2,24,25)(H,26,28)(H,27,29). The number of hydrogen-bond donors (Lipinski definition) is 3. The minimum absolute atomic E-state index is 0.0479. The van der Waals surface area contributed by atoms with Gasteiger partial charge >= 0.3 is 0 Å². The molecule has 29 heavy (non-hydrogen) atoms. The first-order valence-corrected chi connectivity index (χ1v) is 9.81. The van der Waals surface area contributed by atoms with Crippen LogP contribution in [0.2, 0.25) is 0 Å². The molecule has 0 radical (unpaired) electrons. The number of nitrogens with two attached hydrogens (primary N) is 1. The Morgan fingerprint density at radius 3 is 2.59 bits per heavy atom. The van der Waals surface area contributed by atoms with Gasteiger partial charge in [-0.05, 0) is 34.4 Å². The number of aromatic nitrogens is 1. The largest absolute Gasteiger partial charge is 0.384 e. The summed E-state index contributed by atoms with van der Waals surface area (Å²) >= 11 is 0. The number of hydrogen-bond acceptors (Lipinski definition) is 4. The molecule has 1 atom stereocenters. The molecule has 6 heteroatoms. The summed E-state index contributed by atoms with van der Waals surface area (Å²) in [6.07, 6.45) is 2.85. The summed E-state index contributed by atoms with van der Waals surface area (Å²) < 4.78 is 0. The summed E-state index contributed by atoms with van der Waals surface area (Å²) in [6.45, 7) is 2.55. The zero-order chi connectivity index (χ0) is 20.6. The summed E-state index contributed by atoms with van der Waals surface area (Å²) in [5.41, 5.74) is 7.37. The van der Waals surface area contributed by atoms with E-state index < -0.39 is 5.92 Å². The first-order valence-electron chi connectivity index (χ1n) is 9.81. The molecule has 6 nitrogen and oxygen atoms in total. The number of carbonyl (C=O) groups excluding carboxylic acids is 2. The summed E-state index contributed by atoms with van der Waals surface area (Å²) in [5, 5.41) is 7.94. The fourth-order valence-corrected chi connectivity index (χ4v) is 3.28. The summed E-state index contributed by atoms with van der Waals surface area (Å²) in [5.74, 6) is -0.251. The number of anilines is 1. The fourth-order valence-electron chi connectivity index (χ4n) is 3.28. The second kappa shape index (κ2) is 9.68. The molecule has 0 bridgehead atoms. The predicted molar refractivity (Wildman–Crippen MR) is 115 cm³/mol. The Morgan fingerprint density at radius 1 is 1.03 bits per heavy atom. The minimum atomic E-state index is -0.497. The van der Waals surface area contributed by atoms with Crippen molar-refractivity contribution in [3.63, 3.8) is 0 Å². The summed E-state index contributed by atoms with van der Waals surface area (Å²) in [6, 6.07) is 17.4. The highest BCUT2D eigenvalue weighted by molar-refractivity contribution is 5.93. The van der Waals surface area contributed by atoms with E-state index >= 15 is 0 Å². The van der Waals surface area contributed by atoms with Crippen LogP contribution in [-0.2, 0) is 16.1 Å². The molecule has 0 aliphatic carbocycles. The molecule has 0 spiro atoms. The van der Waals surface area contributed by atoms with Crippen LogP contribution in [0.3, 0.4) is 0 Å². The molecule has 0 fully saturated rings. The molecule has 2 aromatic carbocycles. The van der Waals surface area contributed by atoms with E-state index in [-0.39, 0.29) is 18.4 Å². The molecule has 0 aliphatic heterocycles. The van der Waals surface area contributed by atoms with E-state index in [4.69, 9.17) is 5.73 Å². The zero-order valence-electron chi connectivity index (χ0n) is 16.5. The first kappa shape index (κ1) is 20.3. The number of benzene rings is 2. The molecule has 4 N–H and O–H groups in total. The van der Waals surface area contributed by atoms with Crippen LogP contribution < -0.4 is 16.4 Å². The Labute approximate surface area is 170 Å². The maximum absolute atomic E-state index is 13.1. The Hall–Kier alpha value is -3.41. The van der Waals surface area contributed by atoms with Crippen molar-refractivity contribution in [2.75, 3.05) is 12.3 Å². The van der Waals surface area contributed by atoms with Crippen molar-refractivity contribution >= 4 is 28.4 Å². The molecule has 1 aromatic heterocycles. The van der Waals surface area contributed by atoms with Crippen molar-refractivity contribution in [2.24, 2.45) is 0 Å². The van der Waals surface area contributed by atoms with E-state index in [1.807, 2.05) is 55.5 Å². The third-order valence-electron chi connectivity index (χ3n) is 4.81. The normalized spacial score (nSPS) is 11.8. The van der Waals surface area contributed by atoms with E-state index in [0.29, 0.717) is 18.8 Å². The van der Waals surface area contributed by atoms with E-state index in [1.54, 1.807) is 12.3 Å². The molecule has 0 saturated carbocycles. The van der Waals surface area contributed by atoms with Crippen LogP contribution in [0, 0.1) is 0 Å². The van der Waals surface area contributed by atoms with Gasteiger partial charge in [0.2, 0.25) is 11.8 Å². The van der Waals surface area contributed by atoms with E-state index in [9.17, 15) is 9.59 Å². The van der Waals surface area contributed by atoms with Crippen molar-refractivity contribution in [3.8, 4) is 0 Å². The van der Waals surface area contributed by atoms with E-state index in [0.717, 1.165) is 28.3 Å². The average molecular weight is 390 g/mol. The van der Waals surface area contributed by atoms with Gasteiger partial charge in [0.15, 0.2) is 0 Å². The quantitative estimate of drug-likeness (QED) is 0.550. The van der Waals surface area contributed by atoms with Crippen LogP contribution in [0.1, 0.15) is 36.8 Å². The number of fused-ring (bicyclic) bond motifs is 1. The Balaban J connectivity index is 1.82. The number of amides is 2. The third-order valence-corrected chi connectivity index (χ3v) is 4.81. The van der Waals surface area contributed by atoms with Crippen molar-refractivity contribution in [1.82, 2.24) is 15.6 Å². The van der Waals surface area contributed by atoms with Crippen LogP contribution >= 0.6 is 0 Å². The van der Waals surface area contributed by atoms with Gasteiger partial charge in [0.1, 0.15) is 5.82 Å².